The molecule has 0 N–H and O–H groups in total. The fraction of sp³-hybridized carbons (Fsp3) is 0.529. The van der Waals surface area contributed by atoms with Crippen molar-refractivity contribution >= 4 is 0 Å². The Hall–Kier alpha value is -1.44. The molecule has 0 aromatic heterocycles. The van der Waals surface area contributed by atoms with Gasteiger partial charge in [0.05, 0.1) is 14.2 Å². The molecule has 2 nitrogen and oxygen atoms in total. The summed E-state index contributed by atoms with van der Waals surface area (Å²) in [4.78, 5) is 0. The average Bonchev–Trinajstić information content (AvgIpc) is 2.78. The number of hydrogen-bond acceptors (Lipinski definition) is 2. The van der Waals surface area contributed by atoms with E-state index in [-0.39, 0.29) is 0 Å². The molecule has 1 aliphatic carbocycles. The van der Waals surface area contributed by atoms with Crippen LogP contribution in [0.25, 0.3) is 0 Å². The molecule has 0 amide bonds. The van der Waals surface area contributed by atoms with E-state index in [2.05, 4.69) is 26.0 Å². The third-order valence-corrected chi connectivity index (χ3v) is 3.54. The van der Waals surface area contributed by atoms with E-state index in [1.54, 1.807) is 14.2 Å². The predicted molar refractivity (Wildman–Crippen MR) is 81.5 cm³/mol. The fourth-order valence-electron chi connectivity index (χ4n) is 2.87. The average molecular weight is 262 g/mol. The zero-order valence-electron chi connectivity index (χ0n) is 13.0. The van der Waals surface area contributed by atoms with Crippen LogP contribution in [-0.4, -0.2) is 14.2 Å². The summed E-state index contributed by atoms with van der Waals surface area (Å²) < 4.78 is 11.0. The molecule has 0 spiro atoms. The van der Waals surface area contributed by atoms with Crippen molar-refractivity contribution in [3.63, 3.8) is 0 Å². The Morgan fingerprint density at radius 2 is 1.58 bits per heavy atom. The Bertz CT molecular complexity index is 435. The SMILES string of the molecule is C/C=C\C1CC(C)c2c(OC)ccc(OC)c21.CC. The van der Waals surface area contributed by atoms with Crippen LogP contribution in [0.1, 0.15) is 57.1 Å². The molecule has 1 aliphatic rings. The molecule has 0 fully saturated rings. The largest absolute Gasteiger partial charge is 0.496 e. The van der Waals surface area contributed by atoms with Crippen LogP contribution in [0.4, 0.5) is 0 Å². The number of ether oxygens (including phenoxy) is 2. The molecule has 1 aromatic carbocycles. The molecule has 19 heavy (non-hydrogen) atoms. The summed E-state index contributed by atoms with van der Waals surface area (Å²) >= 11 is 0. The van der Waals surface area contributed by atoms with Gasteiger partial charge in [-0.15, -0.1) is 0 Å². The molecular weight excluding hydrogens is 236 g/mol. The smallest absolute Gasteiger partial charge is 0.123 e. The number of allylic oxidation sites excluding steroid dienone is 2. The molecule has 2 heteroatoms. The fourth-order valence-corrected chi connectivity index (χ4v) is 2.87. The van der Waals surface area contributed by atoms with Crippen molar-refractivity contribution in [2.24, 2.45) is 0 Å². The van der Waals surface area contributed by atoms with Gasteiger partial charge in [0.1, 0.15) is 11.5 Å². The highest BCUT2D eigenvalue weighted by molar-refractivity contribution is 5.56. The Balaban J connectivity index is 0.000000861. The van der Waals surface area contributed by atoms with Gasteiger partial charge in [0.2, 0.25) is 0 Å². The van der Waals surface area contributed by atoms with Crippen LogP contribution < -0.4 is 9.47 Å². The van der Waals surface area contributed by atoms with Crippen molar-refractivity contribution in [2.45, 2.75) is 46.0 Å². The summed E-state index contributed by atoms with van der Waals surface area (Å²) in [6.07, 6.45) is 5.51. The van der Waals surface area contributed by atoms with Gasteiger partial charge in [-0.3, -0.25) is 0 Å². The highest BCUT2D eigenvalue weighted by Crippen LogP contribution is 2.50. The van der Waals surface area contributed by atoms with E-state index in [0.717, 1.165) is 17.9 Å². The number of benzene rings is 1. The minimum Gasteiger partial charge on any atom is -0.496 e. The van der Waals surface area contributed by atoms with E-state index < -0.39 is 0 Å². The summed E-state index contributed by atoms with van der Waals surface area (Å²) in [6, 6.07) is 4.01. The summed E-state index contributed by atoms with van der Waals surface area (Å²) in [6.45, 7) is 8.32. The molecule has 106 valence electrons. The van der Waals surface area contributed by atoms with E-state index in [0.29, 0.717) is 11.8 Å². The van der Waals surface area contributed by atoms with E-state index in [1.807, 2.05) is 26.0 Å². The molecule has 0 aliphatic heterocycles. The van der Waals surface area contributed by atoms with Crippen molar-refractivity contribution in [1.82, 2.24) is 0 Å². The minimum atomic E-state index is 0.454. The first-order chi connectivity index (χ1) is 9.22. The van der Waals surface area contributed by atoms with Crippen LogP contribution in [0.2, 0.25) is 0 Å². The molecular formula is C17H26O2. The van der Waals surface area contributed by atoms with E-state index >= 15 is 0 Å². The van der Waals surface area contributed by atoms with Crippen molar-refractivity contribution in [2.75, 3.05) is 14.2 Å². The van der Waals surface area contributed by atoms with Gasteiger partial charge in [-0.25, -0.2) is 0 Å². The van der Waals surface area contributed by atoms with E-state index in [4.69, 9.17) is 9.47 Å². The van der Waals surface area contributed by atoms with Gasteiger partial charge in [0.25, 0.3) is 0 Å². The number of rotatable bonds is 3. The van der Waals surface area contributed by atoms with Crippen molar-refractivity contribution in [3.05, 3.63) is 35.4 Å². The normalized spacial score (nSPS) is 20.7. The van der Waals surface area contributed by atoms with Gasteiger partial charge >= 0.3 is 0 Å². The maximum absolute atomic E-state index is 5.49. The Morgan fingerprint density at radius 3 is 2.05 bits per heavy atom. The Kier molecular flexibility index (Phi) is 5.94. The summed E-state index contributed by atoms with van der Waals surface area (Å²) in [7, 11) is 3.47. The molecule has 0 saturated heterocycles. The predicted octanol–water partition coefficient (Wildman–Crippen LogP) is 4.90. The second kappa shape index (κ2) is 7.22. The summed E-state index contributed by atoms with van der Waals surface area (Å²) in [5.41, 5.74) is 2.62. The maximum Gasteiger partial charge on any atom is 0.123 e. The van der Waals surface area contributed by atoms with Gasteiger partial charge in [0, 0.05) is 17.0 Å². The van der Waals surface area contributed by atoms with Crippen molar-refractivity contribution in [1.29, 1.82) is 0 Å². The molecule has 2 atom stereocenters. The van der Waals surface area contributed by atoms with Crippen LogP contribution in [0, 0.1) is 0 Å². The van der Waals surface area contributed by atoms with Gasteiger partial charge < -0.3 is 9.47 Å². The summed E-state index contributed by atoms with van der Waals surface area (Å²) in [5, 5.41) is 0. The van der Waals surface area contributed by atoms with Gasteiger partial charge in [-0.1, -0.05) is 32.9 Å². The number of fused-ring (bicyclic) bond motifs is 1. The third-order valence-electron chi connectivity index (χ3n) is 3.54. The van der Waals surface area contributed by atoms with Crippen LogP contribution in [0.3, 0.4) is 0 Å². The quantitative estimate of drug-likeness (QED) is 0.721. The molecule has 0 bridgehead atoms. The summed E-state index contributed by atoms with van der Waals surface area (Å²) in [5.74, 6) is 2.94. The zero-order chi connectivity index (χ0) is 14.4. The molecule has 1 aromatic rings. The topological polar surface area (TPSA) is 18.5 Å². The highest BCUT2D eigenvalue weighted by atomic mass is 16.5. The maximum atomic E-state index is 5.49. The Labute approximate surface area is 117 Å². The van der Waals surface area contributed by atoms with Crippen molar-refractivity contribution in [3.8, 4) is 11.5 Å². The first-order valence-electron chi connectivity index (χ1n) is 7.10. The highest BCUT2D eigenvalue weighted by Gasteiger charge is 2.32. The third kappa shape index (κ3) is 2.94. The van der Waals surface area contributed by atoms with Crippen LogP contribution in [0.5, 0.6) is 11.5 Å². The lowest BCUT2D eigenvalue weighted by molar-refractivity contribution is 0.396. The first-order valence-corrected chi connectivity index (χ1v) is 7.10. The van der Waals surface area contributed by atoms with Crippen LogP contribution in [-0.2, 0) is 0 Å². The standard InChI is InChI=1S/C15H20O2.C2H6/c1-5-6-11-9-10(2)14-12(16-3)7-8-13(17-4)15(11)14;1-2/h5-8,10-11H,9H2,1-4H3;1-2H3/b6-5-;. The lowest BCUT2D eigenvalue weighted by Crippen LogP contribution is -1.97. The molecule has 0 radical (unpaired) electrons. The lowest BCUT2D eigenvalue weighted by Gasteiger charge is -2.15. The second-order valence-electron chi connectivity index (χ2n) is 4.57. The van der Waals surface area contributed by atoms with Crippen LogP contribution >= 0.6 is 0 Å². The van der Waals surface area contributed by atoms with Gasteiger partial charge in [-0.05, 0) is 31.4 Å². The van der Waals surface area contributed by atoms with E-state index in [9.17, 15) is 0 Å². The van der Waals surface area contributed by atoms with Crippen LogP contribution in [0.15, 0.2) is 24.3 Å². The second-order valence-corrected chi connectivity index (χ2v) is 4.57. The number of methoxy groups -OCH3 is 2. The molecule has 0 heterocycles. The Morgan fingerprint density at radius 1 is 1.05 bits per heavy atom. The minimum absolute atomic E-state index is 0.454. The van der Waals surface area contributed by atoms with Gasteiger partial charge in [-0.2, -0.15) is 0 Å². The molecule has 2 rings (SSSR count). The van der Waals surface area contributed by atoms with Gasteiger partial charge in [0.15, 0.2) is 0 Å². The zero-order valence-corrected chi connectivity index (χ0v) is 13.0. The van der Waals surface area contributed by atoms with E-state index in [1.165, 1.54) is 11.1 Å². The number of hydrogen-bond donors (Lipinski definition) is 0. The van der Waals surface area contributed by atoms with Crippen molar-refractivity contribution < 1.29 is 9.47 Å². The molecule has 2 unspecified atom stereocenters. The monoisotopic (exact) mass is 262 g/mol. The lowest BCUT2D eigenvalue weighted by atomic mass is 9.99. The molecule has 0 saturated carbocycles. The first kappa shape index (κ1) is 15.6.